The van der Waals surface area contributed by atoms with Crippen molar-refractivity contribution >= 4 is 39.2 Å². The summed E-state index contributed by atoms with van der Waals surface area (Å²) in [5.74, 6) is 0.0584. The second-order valence-corrected chi connectivity index (χ2v) is 6.26. The molecule has 1 aliphatic rings. The van der Waals surface area contributed by atoms with Gasteiger partial charge in [-0.1, -0.05) is 0 Å². The number of morpholine rings is 1. The zero-order valence-corrected chi connectivity index (χ0v) is 12.0. The summed E-state index contributed by atoms with van der Waals surface area (Å²) in [6, 6.07) is 2.16. The van der Waals surface area contributed by atoms with Crippen LogP contribution in [0.25, 0.3) is 6.08 Å². The zero-order chi connectivity index (χ0) is 12.3. The minimum Gasteiger partial charge on any atom is -0.377 e. The van der Waals surface area contributed by atoms with Crippen LogP contribution in [-0.4, -0.2) is 36.6 Å². The standard InChI is InChI=1S/C12H14BrNO2S/c1-9-7-16-5-4-14(9)12(15)3-2-10-6-11(13)17-8-10/h2-3,6,8-9H,4-5,7H2,1H3/b3-2+. The van der Waals surface area contributed by atoms with Crippen molar-refractivity contribution in [3.05, 3.63) is 26.9 Å². The number of hydrogen-bond donors (Lipinski definition) is 0. The zero-order valence-electron chi connectivity index (χ0n) is 9.56. The van der Waals surface area contributed by atoms with Crippen LogP contribution in [0.1, 0.15) is 12.5 Å². The lowest BCUT2D eigenvalue weighted by Crippen LogP contribution is -2.46. The highest BCUT2D eigenvalue weighted by atomic mass is 79.9. The Bertz CT molecular complexity index is 430. The summed E-state index contributed by atoms with van der Waals surface area (Å²) in [4.78, 5) is 13.8. The third-order valence-corrected chi connectivity index (χ3v) is 4.18. The molecule has 3 nitrogen and oxygen atoms in total. The summed E-state index contributed by atoms with van der Waals surface area (Å²) in [5, 5.41) is 2.01. The summed E-state index contributed by atoms with van der Waals surface area (Å²) in [6.07, 6.45) is 3.49. The molecule has 1 unspecified atom stereocenters. The van der Waals surface area contributed by atoms with E-state index in [0.717, 1.165) is 9.35 Å². The molecule has 1 fully saturated rings. The van der Waals surface area contributed by atoms with Gasteiger partial charge in [-0.15, -0.1) is 11.3 Å². The Kier molecular flexibility index (Phi) is 4.36. The molecule has 92 valence electrons. The average Bonchev–Trinajstić information content (AvgIpc) is 2.73. The van der Waals surface area contributed by atoms with E-state index in [0.29, 0.717) is 19.8 Å². The van der Waals surface area contributed by atoms with E-state index < -0.39 is 0 Å². The van der Waals surface area contributed by atoms with Crippen LogP contribution < -0.4 is 0 Å². The van der Waals surface area contributed by atoms with Crippen LogP contribution in [0.5, 0.6) is 0 Å². The van der Waals surface area contributed by atoms with Crippen molar-refractivity contribution in [2.75, 3.05) is 19.8 Å². The first-order valence-electron chi connectivity index (χ1n) is 5.47. The van der Waals surface area contributed by atoms with Gasteiger partial charge in [-0.05, 0) is 45.9 Å². The molecule has 1 amide bonds. The molecule has 5 heteroatoms. The van der Waals surface area contributed by atoms with Crippen LogP contribution in [0.15, 0.2) is 21.3 Å². The number of carbonyl (C=O) groups excluding carboxylic acids is 1. The fourth-order valence-electron chi connectivity index (χ4n) is 1.73. The molecule has 0 aliphatic carbocycles. The maximum Gasteiger partial charge on any atom is 0.246 e. The van der Waals surface area contributed by atoms with E-state index in [2.05, 4.69) is 15.9 Å². The Morgan fingerprint density at radius 1 is 1.71 bits per heavy atom. The van der Waals surface area contributed by atoms with E-state index in [1.54, 1.807) is 17.4 Å². The lowest BCUT2D eigenvalue weighted by Gasteiger charge is -2.32. The molecule has 0 N–H and O–H groups in total. The molecule has 0 saturated carbocycles. The number of amides is 1. The summed E-state index contributed by atoms with van der Waals surface area (Å²) in [6.45, 7) is 3.95. The largest absolute Gasteiger partial charge is 0.377 e. The van der Waals surface area contributed by atoms with Crippen LogP contribution in [0.3, 0.4) is 0 Å². The number of ether oxygens (including phenoxy) is 1. The van der Waals surface area contributed by atoms with Gasteiger partial charge < -0.3 is 9.64 Å². The van der Waals surface area contributed by atoms with E-state index in [1.165, 1.54) is 0 Å². The van der Waals surface area contributed by atoms with Crippen molar-refractivity contribution in [1.82, 2.24) is 4.90 Å². The molecule has 1 atom stereocenters. The number of carbonyl (C=O) groups is 1. The van der Waals surface area contributed by atoms with E-state index in [1.807, 2.05) is 29.3 Å². The van der Waals surface area contributed by atoms with Crippen LogP contribution in [-0.2, 0) is 9.53 Å². The van der Waals surface area contributed by atoms with Gasteiger partial charge in [0.2, 0.25) is 5.91 Å². The van der Waals surface area contributed by atoms with Gasteiger partial charge in [-0.25, -0.2) is 0 Å². The van der Waals surface area contributed by atoms with Gasteiger partial charge >= 0.3 is 0 Å². The van der Waals surface area contributed by atoms with Gasteiger partial charge in [0.25, 0.3) is 0 Å². The van der Waals surface area contributed by atoms with Gasteiger partial charge in [0.15, 0.2) is 0 Å². The molecule has 0 aromatic carbocycles. The van der Waals surface area contributed by atoms with Crippen LogP contribution in [0.4, 0.5) is 0 Å². The smallest absolute Gasteiger partial charge is 0.246 e. The number of hydrogen-bond acceptors (Lipinski definition) is 3. The van der Waals surface area contributed by atoms with Gasteiger partial charge in [0, 0.05) is 12.6 Å². The molecule has 0 radical (unpaired) electrons. The minimum absolute atomic E-state index is 0.0584. The highest BCUT2D eigenvalue weighted by Crippen LogP contribution is 2.21. The summed E-state index contributed by atoms with van der Waals surface area (Å²) in [5.41, 5.74) is 1.05. The maximum atomic E-state index is 12.0. The highest BCUT2D eigenvalue weighted by molar-refractivity contribution is 9.11. The Morgan fingerprint density at radius 2 is 2.53 bits per heavy atom. The number of nitrogens with zero attached hydrogens (tertiary/aromatic N) is 1. The maximum absolute atomic E-state index is 12.0. The third kappa shape index (κ3) is 3.40. The molecule has 1 aromatic rings. The molecule has 1 saturated heterocycles. The second-order valence-electron chi connectivity index (χ2n) is 3.97. The van der Waals surface area contributed by atoms with Crippen LogP contribution in [0, 0.1) is 0 Å². The minimum atomic E-state index is 0.0584. The van der Waals surface area contributed by atoms with Crippen LogP contribution in [0.2, 0.25) is 0 Å². The molecule has 17 heavy (non-hydrogen) atoms. The van der Waals surface area contributed by atoms with Gasteiger partial charge in [-0.3, -0.25) is 4.79 Å². The lowest BCUT2D eigenvalue weighted by atomic mass is 10.2. The Labute approximate surface area is 113 Å². The van der Waals surface area contributed by atoms with Crippen molar-refractivity contribution < 1.29 is 9.53 Å². The summed E-state index contributed by atoms with van der Waals surface area (Å²) < 4.78 is 6.38. The summed E-state index contributed by atoms with van der Waals surface area (Å²) >= 11 is 5.01. The molecule has 2 heterocycles. The predicted octanol–water partition coefficient (Wildman–Crippen LogP) is 2.77. The van der Waals surface area contributed by atoms with Crippen LogP contribution >= 0.6 is 27.3 Å². The first-order chi connectivity index (χ1) is 8.16. The number of thiophene rings is 1. The third-order valence-electron chi connectivity index (χ3n) is 2.66. The van der Waals surface area contributed by atoms with Gasteiger partial charge in [-0.2, -0.15) is 0 Å². The van der Waals surface area contributed by atoms with E-state index in [-0.39, 0.29) is 11.9 Å². The van der Waals surface area contributed by atoms with Crippen molar-refractivity contribution in [2.45, 2.75) is 13.0 Å². The average molecular weight is 316 g/mol. The fourth-order valence-corrected chi connectivity index (χ4v) is 2.87. The fraction of sp³-hybridized carbons (Fsp3) is 0.417. The van der Waals surface area contributed by atoms with E-state index in [4.69, 9.17) is 4.74 Å². The van der Waals surface area contributed by atoms with Crippen molar-refractivity contribution in [3.8, 4) is 0 Å². The number of halogens is 1. The first kappa shape index (κ1) is 12.8. The number of rotatable bonds is 2. The monoisotopic (exact) mass is 315 g/mol. The lowest BCUT2D eigenvalue weighted by molar-refractivity contribution is -0.133. The normalized spacial score (nSPS) is 21.1. The molecule has 1 aromatic heterocycles. The first-order valence-corrected chi connectivity index (χ1v) is 7.14. The van der Waals surface area contributed by atoms with Crippen molar-refractivity contribution in [2.24, 2.45) is 0 Å². The summed E-state index contributed by atoms with van der Waals surface area (Å²) in [7, 11) is 0. The topological polar surface area (TPSA) is 29.5 Å². The molecule has 2 rings (SSSR count). The van der Waals surface area contributed by atoms with E-state index >= 15 is 0 Å². The predicted molar refractivity (Wildman–Crippen MR) is 73.0 cm³/mol. The van der Waals surface area contributed by atoms with Gasteiger partial charge in [0.05, 0.1) is 23.0 Å². The van der Waals surface area contributed by atoms with Crippen molar-refractivity contribution in [1.29, 1.82) is 0 Å². The molecule has 0 bridgehead atoms. The Morgan fingerprint density at radius 3 is 3.18 bits per heavy atom. The SMILES string of the molecule is CC1COCCN1C(=O)/C=C/c1csc(Br)c1. The highest BCUT2D eigenvalue weighted by Gasteiger charge is 2.21. The van der Waals surface area contributed by atoms with Gasteiger partial charge in [0.1, 0.15) is 0 Å². The Balaban J connectivity index is 1.98. The van der Waals surface area contributed by atoms with Crippen molar-refractivity contribution in [3.63, 3.8) is 0 Å². The Hall–Kier alpha value is -0.650. The molecular weight excluding hydrogens is 302 g/mol. The molecule has 1 aliphatic heterocycles. The second kappa shape index (κ2) is 5.80. The molecular formula is C12H14BrNO2S. The molecule has 0 spiro atoms. The van der Waals surface area contributed by atoms with E-state index in [9.17, 15) is 4.79 Å². The quantitative estimate of drug-likeness (QED) is 0.785.